The van der Waals surface area contributed by atoms with Gasteiger partial charge < -0.3 is 24.3 Å². The first-order chi connectivity index (χ1) is 17.1. The van der Waals surface area contributed by atoms with E-state index in [1.807, 2.05) is 18.2 Å². The predicted octanol–water partition coefficient (Wildman–Crippen LogP) is 5.06. The van der Waals surface area contributed by atoms with Crippen LogP contribution in [0.5, 0.6) is 11.5 Å². The number of benzene rings is 1. The maximum Gasteiger partial charge on any atom is 0.332 e. The predicted molar refractivity (Wildman–Crippen MR) is 136 cm³/mol. The zero-order valence-corrected chi connectivity index (χ0v) is 21.5. The third-order valence-corrected chi connectivity index (χ3v) is 7.17. The number of carbonyl (C=O) groups excluding carboxylic acids is 1. The van der Waals surface area contributed by atoms with E-state index < -0.39 is 0 Å². The molecule has 0 radical (unpaired) electrons. The first-order valence-corrected chi connectivity index (χ1v) is 12.9. The van der Waals surface area contributed by atoms with Gasteiger partial charge in [-0.3, -0.25) is 0 Å². The Labute approximate surface area is 210 Å². The van der Waals surface area contributed by atoms with Gasteiger partial charge in [-0.2, -0.15) is 0 Å². The van der Waals surface area contributed by atoms with Gasteiger partial charge in [-0.05, 0) is 55.4 Å². The lowest BCUT2D eigenvalue weighted by molar-refractivity contribution is -0.149. The standard InChI is InChI=1S/C26H33N3O5S/c1-4-5-12-34-23(30)16-33-15-22-28-25(24-18-8-6-7-9-21(18)35-26(24)29-22)27-14-17-10-11-19(31-2)20(13-17)32-3/h10-11,13H,4-9,12,14-16H2,1-3H3,(H,27,28,29). The highest BCUT2D eigenvalue weighted by atomic mass is 32.1. The third-order valence-electron chi connectivity index (χ3n) is 5.98. The highest BCUT2D eigenvalue weighted by molar-refractivity contribution is 7.19. The van der Waals surface area contributed by atoms with Crippen molar-refractivity contribution in [3.8, 4) is 11.5 Å². The Morgan fingerprint density at radius 3 is 2.74 bits per heavy atom. The summed E-state index contributed by atoms with van der Waals surface area (Å²) in [7, 11) is 3.26. The molecule has 0 aliphatic heterocycles. The molecule has 1 aliphatic carbocycles. The average Bonchev–Trinajstić information content (AvgIpc) is 3.26. The summed E-state index contributed by atoms with van der Waals surface area (Å²) in [6.45, 7) is 3.08. The van der Waals surface area contributed by atoms with E-state index in [9.17, 15) is 4.79 Å². The number of methoxy groups -OCH3 is 2. The molecule has 35 heavy (non-hydrogen) atoms. The number of rotatable bonds is 12. The van der Waals surface area contributed by atoms with Crippen molar-refractivity contribution in [1.29, 1.82) is 0 Å². The van der Waals surface area contributed by atoms with Crippen LogP contribution < -0.4 is 14.8 Å². The van der Waals surface area contributed by atoms with Gasteiger partial charge in [0, 0.05) is 11.4 Å². The molecule has 0 atom stereocenters. The van der Waals surface area contributed by atoms with E-state index in [1.165, 1.54) is 23.3 Å². The van der Waals surface area contributed by atoms with E-state index in [4.69, 9.17) is 28.9 Å². The monoisotopic (exact) mass is 499 g/mol. The number of thiophene rings is 1. The van der Waals surface area contributed by atoms with Gasteiger partial charge >= 0.3 is 5.97 Å². The Kier molecular flexibility index (Phi) is 8.76. The van der Waals surface area contributed by atoms with Crippen molar-refractivity contribution in [2.24, 2.45) is 0 Å². The molecule has 188 valence electrons. The number of aromatic nitrogens is 2. The molecule has 0 amide bonds. The third kappa shape index (κ3) is 6.21. The van der Waals surface area contributed by atoms with Gasteiger partial charge in [0.2, 0.25) is 0 Å². The molecule has 2 aromatic heterocycles. The van der Waals surface area contributed by atoms with E-state index in [0.29, 0.717) is 30.5 Å². The van der Waals surface area contributed by atoms with E-state index in [-0.39, 0.29) is 19.2 Å². The Morgan fingerprint density at radius 2 is 1.94 bits per heavy atom. The number of ether oxygens (including phenoxy) is 4. The minimum Gasteiger partial charge on any atom is -0.493 e. The van der Waals surface area contributed by atoms with Crippen LogP contribution in [0.2, 0.25) is 0 Å². The zero-order valence-electron chi connectivity index (χ0n) is 20.6. The van der Waals surface area contributed by atoms with Crippen molar-refractivity contribution in [2.75, 3.05) is 32.8 Å². The van der Waals surface area contributed by atoms with E-state index >= 15 is 0 Å². The molecule has 3 aromatic rings. The lowest BCUT2D eigenvalue weighted by Gasteiger charge is -2.14. The quantitative estimate of drug-likeness (QED) is 0.273. The second kappa shape index (κ2) is 12.2. The molecule has 0 saturated carbocycles. The van der Waals surface area contributed by atoms with Crippen molar-refractivity contribution in [3.63, 3.8) is 0 Å². The van der Waals surface area contributed by atoms with Gasteiger partial charge in [-0.1, -0.05) is 19.4 Å². The van der Waals surface area contributed by atoms with Crippen molar-refractivity contribution >= 4 is 33.3 Å². The SMILES string of the molecule is CCCCOC(=O)COCc1nc(NCc2ccc(OC)c(OC)c2)c2c3c(sc2n1)CCCC3. The van der Waals surface area contributed by atoms with Crippen molar-refractivity contribution in [1.82, 2.24) is 9.97 Å². The number of carbonyl (C=O) groups is 1. The van der Waals surface area contributed by atoms with Crippen LogP contribution in [0, 0.1) is 0 Å². The highest BCUT2D eigenvalue weighted by Crippen LogP contribution is 2.39. The number of anilines is 1. The molecular formula is C26H33N3O5S. The van der Waals surface area contributed by atoms with Crippen LogP contribution in [0.4, 0.5) is 5.82 Å². The molecule has 2 heterocycles. The van der Waals surface area contributed by atoms with E-state index in [2.05, 4.69) is 12.2 Å². The molecule has 0 unspecified atom stereocenters. The number of nitrogens with one attached hydrogen (secondary N) is 1. The Morgan fingerprint density at radius 1 is 1.11 bits per heavy atom. The Balaban J connectivity index is 1.52. The van der Waals surface area contributed by atoms with Crippen molar-refractivity contribution in [2.45, 2.75) is 58.6 Å². The lowest BCUT2D eigenvalue weighted by atomic mass is 9.97. The fraction of sp³-hybridized carbons (Fsp3) is 0.500. The Bertz CT molecular complexity index is 1160. The summed E-state index contributed by atoms with van der Waals surface area (Å²) in [5.74, 6) is 2.37. The fourth-order valence-corrected chi connectivity index (χ4v) is 5.45. The summed E-state index contributed by atoms with van der Waals surface area (Å²) < 4.78 is 21.5. The first kappa shape index (κ1) is 25.2. The molecule has 0 spiro atoms. The topological polar surface area (TPSA) is 91.8 Å². The van der Waals surface area contributed by atoms with Gasteiger partial charge in [0.05, 0.1) is 26.2 Å². The van der Waals surface area contributed by atoms with Crippen LogP contribution in [0.15, 0.2) is 18.2 Å². The zero-order chi connectivity index (χ0) is 24.6. The van der Waals surface area contributed by atoms with Gasteiger partial charge in [-0.15, -0.1) is 11.3 Å². The van der Waals surface area contributed by atoms with Crippen molar-refractivity contribution in [3.05, 3.63) is 40.0 Å². The van der Waals surface area contributed by atoms with E-state index in [1.54, 1.807) is 25.6 Å². The molecule has 0 saturated heterocycles. The van der Waals surface area contributed by atoms with Crippen LogP contribution in [-0.4, -0.2) is 43.4 Å². The largest absolute Gasteiger partial charge is 0.493 e. The van der Waals surface area contributed by atoms with Crippen LogP contribution in [0.1, 0.15) is 54.4 Å². The number of nitrogens with zero attached hydrogens (tertiary/aromatic N) is 2. The summed E-state index contributed by atoms with van der Waals surface area (Å²) >= 11 is 1.74. The number of hydrogen-bond donors (Lipinski definition) is 1. The maximum atomic E-state index is 11.9. The number of aryl methyl sites for hydroxylation is 2. The normalized spacial score (nSPS) is 12.9. The Hall–Kier alpha value is -2.91. The van der Waals surface area contributed by atoms with Gasteiger partial charge in [0.25, 0.3) is 0 Å². The second-order valence-electron chi connectivity index (χ2n) is 8.49. The second-order valence-corrected chi connectivity index (χ2v) is 9.57. The average molecular weight is 500 g/mol. The molecule has 8 nitrogen and oxygen atoms in total. The van der Waals surface area contributed by atoms with Gasteiger partial charge in [0.15, 0.2) is 17.3 Å². The molecule has 9 heteroatoms. The molecule has 1 N–H and O–H groups in total. The summed E-state index contributed by atoms with van der Waals surface area (Å²) in [6, 6.07) is 5.86. The summed E-state index contributed by atoms with van der Waals surface area (Å²) in [5, 5.41) is 4.62. The molecule has 1 aromatic carbocycles. The fourth-order valence-electron chi connectivity index (χ4n) is 4.17. The number of fused-ring (bicyclic) bond motifs is 3. The molecule has 4 rings (SSSR count). The minimum atomic E-state index is -0.363. The summed E-state index contributed by atoms with van der Waals surface area (Å²) in [6.07, 6.45) is 6.34. The molecule has 1 aliphatic rings. The first-order valence-electron chi connectivity index (χ1n) is 12.1. The summed E-state index contributed by atoms with van der Waals surface area (Å²) in [5.41, 5.74) is 2.41. The smallest absolute Gasteiger partial charge is 0.332 e. The molecular weight excluding hydrogens is 466 g/mol. The summed E-state index contributed by atoms with van der Waals surface area (Å²) in [4.78, 5) is 23.8. The number of unbranched alkanes of at least 4 members (excludes halogenated alkanes) is 1. The highest BCUT2D eigenvalue weighted by Gasteiger charge is 2.21. The van der Waals surface area contributed by atoms with Crippen LogP contribution in [-0.2, 0) is 40.3 Å². The van der Waals surface area contributed by atoms with Crippen LogP contribution in [0.3, 0.4) is 0 Å². The molecule has 0 bridgehead atoms. The van der Waals surface area contributed by atoms with Crippen molar-refractivity contribution < 1.29 is 23.7 Å². The number of esters is 1. The number of hydrogen-bond acceptors (Lipinski definition) is 9. The van der Waals surface area contributed by atoms with Crippen LogP contribution >= 0.6 is 11.3 Å². The maximum absolute atomic E-state index is 11.9. The van der Waals surface area contributed by atoms with Gasteiger partial charge in [0.1, 0.15) is 23.9 Å². The van der Waals surface area contributed by atoms with Gasteiger partial charge in [-0.25, -0.2) is 14.8 Å². The van der Waals surface area contributed by atoms with E-state index in [0.717, 1.165) is 47.3 Å². The lowest BCUT2D eigenvalue weighted by Crippen LogP contribution is -2.14. The molecule has 0 fully saturated rings. The van der Waals surface area contributed by atoms with Crippen LogP contribution in [0.25, 0.3) is 10.2 Å². The minimum absolute atomic E-state index is 0.111.